The summed E-state index contributed by atoms with van der Waals surface area (Å²) >= 11 is 0. The molecule has 0 amide bonds. The van der Waals surface area contributed by atoms with Crippen molar-refractivity contribution in [3.8, 4) is 6.07 Å². The van der Waals surface area contributed by atoms with Crippen molar-refractivity contribution >= 4 is 16.7 Å². The van der Waals surface area contributed by atoms with Crippen LogP contribution in [0.4, 0.5) is 5.82 Å². The van der Waals surface area contributed by atoms with E-state index in [1.807, 2.05) is 28.8 Å². The predicted molar refractivity (Wildman–Crippen MR) is 61.3 cm³/mol. The van der Waals surface area contributed by atoms with Gasteiger partial charge in [0.25, 0.3) is 0 Å². The minimum atomic E-state index is 0.513. The first-order chi connectivity index (χ1) is 7.29. The van der Waals surface area contributed by atoms with Crippen molar-refractivity contribution in [1.82, 2.24) is 4.57 Å². The Balaban J connectivity index is 2.85. The van der Waals surface area contributed by atoms with Crippen molar-refractivity contribution in [2.45, 2.75) is 6.54 Å². The van der Waals surface area contributed by atoms with Gasteiger partial charge in [0.1, 0.15) is 17.5 Å². The molecule has 0 saturated heterocycles. The molecule has 2 N–H and O–H groups in total. The Labute approximate surface area is 88.0 Å². The van der Waals surface area contributed by atoms with E-state index in [0.29, 0.717) is 17.9 Å². The van der Waals surface area contributed by atoms with E-state index in [0.717, 1.165) is 10.9 Å². The van der Waals surface area contributed by atoms with Crippen molar-refractivity contribution in [3.05, 3.63) is 42.5 Å². The second-order valence-corrected chi connectivity index (χ2v) is 3.29. The lowest BCUT2D eigenvalue weighted by Gasteiger charge is -2.02. The highest BCUT2D eigenvalue weighted by atomic mass is 15.0. The van der Waals surface area contributed by atoms with Gasteiger partial charge in [0.15, 0.2) is 0 Å². The van der Waals surface area contributed by atoms with Crippen LogP contribution in [0.5, 0.6) is 0 Å². The van der Waals surface area contributed by atoms with Crippen molar-refractivity contribution in [2.75, 3.05) is 5.73 Å². The Morgan fingerprint density at radius 3 is 2.87 bits per heavy atom. The average Bonchev–Trinajstić information content (AvgIpc) is 2.53. The maximum Gasteiger partial charge on any atom is 0.122 e. The van der Waals surface area contributed by atoms with Gasteiger partial charge >= 0.3 is 0 Å². The molecule has 0 atom stereocenters. The van der Waals surface area contributed by atoms with Crippen LogP contribution in [0, 0.1) is 11.3 Å². The van der Waals surface area contributed by atoms with Crippen LogP contribution in [-0.2, 0) is 6.54 Å². The molecule has 3 nitrogen and oxygen atoms in total. The zero-order valence-electron chi connectivity index (χ0n) is 8.27. The molecular formula is C12H11N3. The molecule has 1 aromatic heterocycles. The highest BCUT2D eigenvalue weighted by Crippen LogP contribution is 2.27. The number of nitrogens with zero attached hydrogens (tertiary/aromatic N) is 2. The molecule has 3 heteroatoms. The number of rotatable bonds is 2. The third kappa shape index (κ3) is 1.27. The van der Waals surface area contributed by atoms with Gasteiger partial charge in [-0.2, -0.15) is 5.26 Å². The summed E-state index contributed by atoms with van der Waals surface area (Å²) in [5.41, 5.74) is 7.43. The molecule has 0 aliphatic heterocycles. The van der Waals surface area contributed by atoms with Crippen LogP contribution < -0.4 is 5.73 Å². The summed E-state index contributed by atoms with van der Waals surface area (Å²) in [5, 5.41) is 9.93. The molecule has 2 rings (SSSR count). The van der Waals surface area contributed by atoms with E-state index in [9.17, 15) is 0 Å². The van der Waals surface area contributed by atoms with E-state index in [4.69, 9.17) is 11.0 Å². The van der Waals surface area contributed by atoms with Crippen molar-refractivity contribution in [3.63, 3.8) is 0 Å². The van der Waals surface area contributed by atoms with Crippen LogP contribution >= 0.6 is 0 Å². The molecule has 2 aromatic rings. The first-order valence-corrected chi connectivity index (χ1v) is 4.67. The van der Waals surface area contributed by atoms with Crippen molar-refractivity contribution in [1.29, 1.82) is 5.26 Å². The van der Waals surface area contributed by atoms with Gasteiger partial charge in [0, 0.05) is 11.9 Å². The highest BCUT2D eigenvalue weighted by Gasteiger charge is 2.12. The zero-order valence-corrected chi connectivity index (χ0v) is 8.27. The Bertz CT molecular complexity index is 558. The number of para-hydroxylation sites is 1. The van der Waals surface area contributed by atoms with Gasteiger partial charge in [-0.25, -0.2) is 0 Å². The van der Waals surface area contributed by atoms with Crippen LogP contribution in [-0.4, -0.2) is 4.57 Å². The summed E-state index contributed by atoms with van der Waals surface area (Å²) in [7, 11) is 0. The van der Waals surface area contributed by atoms with Gasteiger partial charge < -0.3 is 10.3 Å². The number of hydrogen-bond acceptors (Lipinski definition) is 2. The Kier molecular flexibility index (Phi) is 2.18. The summed E-state index contributed by atoms with van der Waals surface area (Å²) in [6, 6.07) is 9.83. The molecule has 0 radical (unpaired) electrons. The van der Waals surface area contributed by atoms with Gasteiger partial charge in [0.2, 0.25) is 0 Å². The first kappa shape index (κ1) is 9.35. The molecule has 15 heavy (non-hydrogen) atoms. The van der Waals surface area contributed by atoms with Gasteiger partial charge in [-0.15, -0.1) is 6.58 Å². The molecular weight excluding hydrogens is 186 g/mol. The van der Waals surface area contributed by atoms with Gasteiger partial charge in [-0.05, 0) is 6.07 Å². The molecule has 0 aliphatic rings. The van der Waals surface area contributed by atoms with E-state index >= 15 is 0 Å². The molecule has 0 bridgehead atoms. The molecule has 1 heterocycles. The number of fused-ring (bicyclic) bond motifs is 1. The quantitative estimate of drug-likeness (QED) is 0.751. The summed E-state index contributed by atoms with van der Waals surface area (Å²) in [4.78, 5) is 0. The van der Waals surface area contributed by atoms with Gasteiger partial charge in [-0.1, -0.05) is 24.3 Å². The van der Waals surface area contributed by atoms with Gasteiger partial charge in [-0.3, -0.25) is 0 Å². The van der Waals surface area contributed by atoms with Crippen molar-refractivity contribution < 1.29 is 0 Å². The second-order valence-electron chi connectivity index (χ2n) is 3.29. The number of nitrogen functional groups attached to an aromatic ring is 1. The van der Waals surface area contributed by atoms with E-state index in [1.165, 1.54) is 0 Å². The smallest absolute Gasteiger partial charge is 0.122 e. The number of benzene rings is 1. The van der Waals surface area contributed by atoms with Crippen molar-refractivity contribution in [2.24, 2.45) is 0 Å². The van der Waals surface area contributed by atoms with E-state index in [2.05, 4.69) is 12.6 Å². The number of aromatic nitrogens is 1. The largest absolute Gasteiger partial charge is 0.384 e. The third-order valence-electron chi connectivity index (χ3n) is 2.43. The number of allylic oxidation sites excluding steroid dienone is 1. The normalized spacial score (nSPS) is 10.1. The summed E-state index contributed by atoms with van der Waals surface area (Å²) in [6.07, 6.45) is 1.77. The van der Waals surface area contributed by atoms with Crippen LogP contribution in [0.1, 0.15) is 5.56 Å². The van der Waals surface area contributed by atoms with E-state index in [-0.39, 0.29) is 0 Å². The highest BCUT2D eigenvalue weighted by molar-refractivity contribution is 5.92. The predicted octanol–water partition coefficient (Wildman–Crippen LogP) is 2.28. The third-order valence-corrected chi connectivity index (χ3v) is 2.43. The van der Waals surface area contributed by atoms with Crippen LogP contribution in [0.25, 0.3) is 10.9 Å². The zero-order chi connectivity index (χ0) is 10.8. The molecule has 0 saturated carbocycles. The first-order valence-electron chi connectivity index (χ1n) is 4.67. The lowest BCUT2D eigenvalue weighted by atomic mass is 10.2. The molecule has 0 aliphatic carbocycles. The maximum absolute atomic E-state index is 9.03. The number of hydrogen-bond donors (Lipinski definition) is 1. The van der Waals surface area contributed by atoms with Crippen LogP contribution in [0.3, 0.4) is 0 Å². The van der Waals surface area contributed by atoms with Crippen LogP contribution in [0.2, 0.25) is 0 Å². The Morgan fingerprint density at radius 2 is 2.20 bits per heavy atom. The summed E-state index contributed by atoms with van der Waals surface area (Å²) in [6.45, 7) is 4.30. The fraction of sp³-hybridized carbons (Fsp3) is 0.0833. The number of anilines is 1. The standard InChI is InChI=1S/C12H11N3/c1-2-7-15-11-6-4-3-5-9(11)10(8-13)12(15)14/h2-6H,1,7,14H2. The molecule has 1 aromatic carbocycles. The minimum absolute atomic E-state index is 0.513. The van der Waals surface area contributed by atoms with Crippen LogP contribution in [0.15, 0.2) is 36.9 Å². The molecule has 74 valence electrons. The SMILES string of the molecule is C=CCn1c(N)c(C#N)c2ccccc21. The lowest BCUT2D eigenvalue weighted by molar-refractivity contribution is 0.877. The monoisotopic (exact) mass is 197 g/mol. The second kappa shape index (κ2) is 3.50. The summed E-state index contributed by atoms with van der Waals surface area (Å²) in [5.74, 6) is 0.513. The average molecular weight is 197 g/mol. The number of nitrogens with two attached hydrogens (primary N) is 1. The lowest BCUT2D eigenvalue weighted by Crippen LogP contribution is -2.01. The minimum Gasteiger partial charge on any atom is -0.384 e. The molecule has 0 fully saturated rings. The Morgan fingerprint density at radius 1 is 1.47 bits per heavy atom. The fourth-order valence-electron chi connectivity index (χ4n) is 1.77. The molecule has 0 spiro atoms. The fourth-order valence-corrected chi connectivity index (χ4v) is 1.77. The Hall–Kier alpha value is -2.21. The number of nitriles is 1. The topological polar surface area (TPSA) is 54.7 Å². The van der Waals surface area contributed by atoms with Gasteiger partial charge in [0.05, 0.1) is 5.52 Å². The van der Waals surface area contributed by atoms with E-state index in [1.54, 1.807) is 6.08 Å². The summed E-state index contributed by atoms with van der Waals surface area (Å²) < 4.78 is 1.89. The maximum atomic E-state index is 9.03. The molecule has 0 unspecified atom stereocenters. The van der Waals surface area contributed by atoms with E-state index < -0.39 is 0 Å².